The molecule has 1 atom stereocenters. The maximum Gasteiger partial charge on any atom is 0.305 e. The maximum absolute atomic E-state index is 12.3. The predicted octanol–water partition coefficient (Wildman–Crippen LogP) is 7.48. The Morgan fingerprint density at radius 2 is 1.03 bits per heavy atom. The third-order valence-electron chi connectivity index (χ3n) is 5.99. The molecule has 0 saturated carbocycles. The van der Waals surface area contributed by atoms with Crippen LogP contribution in [0.2, 0.25) is 0 Å². The van der Waals surface area contributed by atoms with E-state index in [-0.39, 0.29) is 24.8 Å². The van der Waals surface area contributed by atoms with Gasteiger partial charge in [-0.1, -0.05) is 117 Å². The Morgan fingerprint density at radius 3 is 1.47 bits per heavy atom. The van der Waals surface area contributed by atoms with Gasteiger partial charge in [0.2, 0.25) is 0 Å². The molecule has 5 nitrogen and oxygen atoms in total. The molecule has 0 radical (unpaired) electrons. The van der Waals surface area contributed by atoms with Crippen molar-refractivity contribution in [3.05, 3.63) is 0 Å². The molecule has 0 rings (SSSR count). The Hall–Kier alpha value is -1.39. The fourth-order valence-corrected chi connectivity index (χ4v) is 3.87. The maximum atomic E-state index is 12.3. The van der Waals surface area contributed by atoms with Crippen LogP contribution in [0.5, 0.6) is 0 Å². The molecule has 1 unspecified atom stereocenters. The molecule has 0 amide bonds. The summed E-state index contributed by atoms with van der Waals surface area (Å²) in [5.74, 6) is -0.473. The summed E-state index contributed by atoms with van der Waals surface area (Å²) in [4.78, 5) is 35.0. The standard InChI is InChI=1S/C27H50O5/c1-3-5-7-9-11-13-15-17-19-21-25(29)26(32-24-28)23-31-27(30)22-20-18-16-14-12-10-8-6-4-2/h24,26H,3-23H2,1-2H3. The summed E-state index contributed by atoms with van der Waals surface area (Å²) >= 11 is 0. The topological polar surface area (TPSA) is 69.7 Å². The highest BCUT2D eigenvalue weighted by atomic mass is 16.6. The van der Waals surface area contributed by atoms with Gasteiger partial charge in [-0.25, -0.2) is 0 Å². The van der Waals surface area contributed by atoms with E-state index in [1.165, 1.54) is 77.0 Å². The first-order chi connectivity index (χ1) is 15.7. The molecular formula is C27H50O5. The van der Waals surface area contributed by atoms with E-state index in [1.807, 2.05) is 0 Å². The van der Waals surface area contributed by atoms with Crippen molar-refractivity contribution in [1.82, 2.24) is 0 Å². The highest BCUT2D eigenvalue weighted by Crippen LogP contribution is 2.13. The molecule has 5 heteroatoms. The zero-order valence-corrected chi connectivity index (χ0v) is 21.0. The smallest absolute Gasteiger partial charge is 0.305 e. The van der Waals surface area contributed by atoms with Crippen LogP contribution < -0.4 is 0 Å². The molecular weight excluding hydrogens is 404 g/mol. The second-order valence-electron chi connectivity index (χ2n) is 9.03. The van der Waals surface area contributed by atoms with Gasteiger partial charge in [-0.2, -0.15) is 0 Å². The lowest BCUT2D eigenvalue weighted by Gasteiger charge is -2.14. The summed E-state index contributed by atoms with van der Waals surface area (Å²) in [7, 11) is 0. The molecule has 32 heavy (non-hydrogen) atoms. The van der Waals surface area contributed by atoms with Crippen LogP contribution in [0.15, 0.2) is 0 Å². The van der Waals surface area contributed by atoms with Gasteiger partial charge in [0.1, 0.15) is 6.61 Å². The SMILES string of the molecule is CCCCCCCCCCCC(=O)OCC(OC=O)C(=O)CCCCCCCCCCC. The van der Waals surface area contributed by atoms with E-state index in [0.717, 1.165) is 38.5 Å². The van der Waals surface area contributed by atoms with Gasteiger partial charge in [-0.3, -0.25) is 14.4 Å². The van der Waals surface area contributed by atoms with Crippen LogP contribution in [0.3, 0.4) is 0 Å². The van der Waals surface area contributed by atoms with Gasteiger partial charge in [0.05, 0.1) is 0 Å². The van der Waals surface area contributed by atoms with Crippen LogP contribution >= 0.6 is 0 Å². The lowest BCUT2D eigenvalue weighted by molar-refractivity contribution is -0.156. The molecule has 0 aliphatic carbocycles. The van der Waals surface area contributed by atoms with Crippen molar-refractivity contribution in [2.45, 2.75) is 148 Å². The summed E-state index contributed by atoms with van der Waals surface area (Å²) in [5.41, 5.74) is 0. The Labute approximate surface area is 197 Å². The van der Waals surface area contributed by atoms with Gasteiger partial charge >= 0.3 is 5.97 Å². The largest absolute Gasteiger partial charge is 0.461 e. The molecule has 0 aromatic heterocycles. The van der Waals surface area contributed by atoms with Gasteiger partial charge in [0.25, 0.3) is 6.47 Å². The van der Waals surface area contributed by atoms with E-state index in [4.69, 9.17) is 9.47 Å². The first-order valence-corrected chi connectivity index (χ1v) is 13.4. The minimum absolute atomic E-state index is 0.157. The zero-order valence-electron chi connectivity index (χ0n) is 21.0. The van der Waals surface area contributed by atoms with Crippen LogP contribution in [0.25, 0.3) is 0 Å². The number of hydrogen-bond donors (Lipinski definition) is 0. The van der Waals surface area contributed by atoms with Crippen molar-refractivity contribution in [2.24, 2.45) is 0 Å². The average Bonchev–Trinajstić information content (AvgIpc) is 2.79. The molecule has 0 heterocycles. The van der Waals surface area contributed by atoms with E-state index in [1.54, 1.807) is 0 Å². The Balaban J connectivity index is 3.77. The van der Waals surface area contributed by atoms with Crippen molar-refractivity contribution >= 4 is 18.2 Å². The number of carbonyl (C=O) groups excluding carboxylic acids is 3. The summed E-state index contributed by atoms with van der Waals surface area (Å²) < 4.78 is 10.1. The Bertz CT molecular complexity index is 449. The predicted molar refractivity (Wildman–Crippen MR) is 131 cm³/mol. The van der Waals surface area contributed by atoms with Crippen molar-refractivity contribution in [3.8, 4) is 0 Å². The van der Waals surface area contributed by atoms with Gasteiger partial charge in [-0.05, 0) is 12.8 Å². The molecule has 0 fully saturated rings. The number of unbranched alkanes of at least 4 members (excludes halogenated alkanes) is 16. The quantitative estimate of drug-likeness (QED) is 0.0812. The summed E-state index contributed by atoms with van der Waals surface area (Å²) in [6, 6.07) is 0. The van der Waals surface area contributed by atoms with Crippen LogP contribution in [0, 0.1) is 0 Å². The van der Waals surface area contributed by atoms with Crippen molar-refractivity contribution < 1.29 is 23.9 Å². The minimum Gasteiger partial charge on any atom is -0.461 e. The van der Waals surface area contributed by atoms with Crippen LogP contribution in [0.4, 0.5) is 0 Å². The van der Waals surface area contributed by atoms with Crippen LogP contribution in [-0.4, -0.2) is 30.9 Å². The third-order valence-corrected chi connectivity index (χ3v) is 5.99. The molecule has 0 aromatic rings. The number of carbonyl (C=O) groups is 3. The lowest BCUT2D eigenvalue weighted by atomic mass is 10.0. The summed E-state index contributed by atoms with van der Waals surface area (Å²) in [6.45, 7) is 4.55. The lowest BCUT2D eigenvalue weighted by Crippen LogP contribution is -2.30. The highest BCUT2D eigenvalue weighted by molar-refractivity contribution is 5.84. The first kappa shape index (κ1) is 30.6. The van der Waals surface area contributed by atoms with E-state index < -0.39 is 6.10 Å². The van der Waals surface area contributed by atoms with Crippen molar-refractivity contribution in [3.63, 3.8) is 0 Å². The Morgan fingerprint density at radius 1 is 0.625 bits per heavy atom. The number of Topliss-reactive ketones (excluding diaryl/α,β-unsaturated/α-hetero) is 1. The van der Waals surface area contributed by atoms with Crippen molar-refractivity contribution in [1.29, 1.82) is 0 Å². The van der Waals surface area contributed by atoms with E-state index in [9.17, 15) is 14.4 Å². The summed E-state index contributed by atoms with van der Waals surface area (Å²) in [5, 5.41) is 0. The second kappa shape index (κ2) is 24.3. The zero-order chi connectivity index (χ0) is 23.7. The number of ketones is 1. The normalized spacial score (nSPS) is 11.8. The fraction of sp³-hybridized carbons (Fsp3) is 0.889. The molecule has 188 valence electrons. The molecule has 0 N–H and O–H groups in total. The Kier molecular flexibility index (Phi) is 23.2. The van der Waals surface area contributed by atoms with E-state index in [2.05, 4.69) is 13.8 Å². The van der Waals surface area contributed by atoms with Crippen molar-refractivity contribution in [2.75, 3.05) is 6.61 Å². The van der Waals surface area contributed by atoms with Gasteiger partial charge < -0.3 is 9.47 Å². The molecule has 0 aliphatic rings. The number of ether oxygens (including phenoxy) is 2. The number of esters is 1. The average molecular weight is 455 g/mol. The van der Waals surface area contributed by atoms with Crippen LogP contribution in [-0.2, 0) is 23.9 Å². The second-order valence-corrected chi connectivity index (χ2v) is 9.03. The van der Waals surface area contributed by atoms with E-state index in [0.29, 0.717) is 12.8 Å². The number of rotatable bonds is 25. The highest BCUT2D eigenvalue weighted by Gasteiger charge is 2.21. The first-order valence-electron chi connectivity index (χ1n) is 13.4. The monoisotopic (exact) mass is 454 g/mol. The summed E-state index contributed by atoms with van der Waals surface area (Å²) in [6.07, 6.45) is 21.0. The molecule has 0 aliphatic heterocycles. The van der Waals surface area contributed by atoms with Crippen LogP contribution in [0.1, 0.15) is 142 Å². The minimum atomic E-state index is -0.964. The fourth-order valence-electron chi connectivity index (χ4n) is 3.87. The van der Waals surface area contributed by atoms with Gasteiger partial charge in [0, 0.05) is 12.8 Å². The molecule has 0 bridgehead atoms. The third kappa shape index (κ3) is 20.5. The molecule has 0 aromatic carbocycles. The molecule has 0 saturated heterocycles. The van der Waals surface area contributed by atoms with Gasteiger partial charge in [0.15, 0.2) is 11.9 Å². The van der Waals surface area contributed by atoms with Gasteiger partial charge in [-0.15, -0.1) is 0 Å². The molecule has 0 spiro atoms. The number of hydrogen-bond acceptors (Lipinski definition) is 5. The van der Waals surface area contributed by atoms with E-state index >= 15 is 0 Å².